The number of fused-ring (bicyclic) bond motifs is 1. The van der Waals surface area contributed by atoms with Crippen molar-refractivity contribution in [3.63, 3.8) is 0 Å². The van der Waals surface area contributed by atoms with Gasteiger partial charge in [-0.15, -0.1) is 0 Å². The predicted octanol–water partition coefficient (Wildman–Crippen LogP) is 2.00. The van der Waals surface area contributed by atoms with Gasteiger partial charge in [0, 0.05) is 6.54 Å². The smallest absolute Gasteiger partial charge is 0.357 e. The molecule has 2 rings (SSSR count). The van der Waals surface area contributed by atoms with Gasteiger partial charge in [-0.05, 0) is 38.8 Å². The van der Waals surface area contributed by atoms with Gasteiger partial charge in [-0.2, -0.15) is 0 Å². The molecule has 0 fully saturated rings. The number of carbonyl (C=O) groups excluding carboxylic acids is 1. The maximum Gasteiger partial charge on any atom is 0.357 e. The van der Waals surface area contributed by atoms with Crippen molar-refractivity contribution in [2.45, 2.75) is 32.8 Å². The highest BCUT2D eigenvalue weighted by molar-refractivity contribution is 5.88. The molecular weight excluding hydrogens is 204 g/mol. The van der Waals surface area contributed by atoms with Crippen LogP contribution in [0.5, 0.6) is 0 Å². The molecule has 4 heteroatoms. The number of nitrogens with zero attached hydrogens (tertiary/aromatic N) is 1. The SMILES string of the molecule is CC(C)(C)OC(=O)c1ccc2c(n1)NCC2. The molecule has 1 aliphatic heterocycles. The zero-order valence-electron chi connectivity index (χ0n) is 9.83. The maximum atomic E-state index is 11.7. The lowest BCUT2D eigenvalue weighted by Gasteiger charge is -2.19. The Morgan fingerprint density at radius 2 is 2.19 bits per heavy atom. The largest absolute Gasteiger partial charge is 0.455 e. The topological polar surface area (TPSA) is 51.2 Å². The normalized spacial score (nSPS) is 14.2. The summed E-state index contributed by atoms with van der Waals surface area (Å²) in [5.41, 5.74) is 1.04. The molecule has 4 nitrogen and oxygen atoms in total. The van der Waals surface area contributed by atoms with Crippen LogP contribution in [0.15, 0.2) is 12.1 Å². The quantitative estimate of drug-likeness (QED) is 0.735. The Balaban J connectivity index is 2.19. The summed E-state index contributed by atoms with van der Waals surface area (Å²) in [6.45, 7) is 6.42. The van der Waals surface area contributed by atoms with Crippen molar-refractivity contribution >= 4 is 11.8 Å². The molecule has 0 amide bonds. The Kier molecular flexibility index (Phi) is 2.58. The minimum absolute atomic E-state index is 0.364. The Morgan fingerprint density at radius 1 is 1.44 bits per heavy atom. The van der Waals surface area contributed by atoms with E-state index in [1.54, 1.807) is 6.07 Å². The number of hydrogen-bond acceptors (Lipinski definition) is 4. The molecule has 1 aromatic heterocycles. The van der Waals surface area contributed by atoms with Gasteiger partial charge in [0.2, 0.25) is 0 Å². The van der Waals surface area contributed by atoms with E-state index in [0.717, 1.165) is 24.3 Å². The van der Waals surface area contributed by atoms with Crippen LogP contribution in [0, 0.1) is 0 Å². The number of ether oxygens (including phenoxy) is 1. The predicted molar refractivity (Wildman–Crippen MR) is 61.6 cm³/mol. The molecule has 0 saturated heterocycles. The van der Waals surface area contributed by atoms with Crippen LogP contribution in [0.1, 0.15) is 36.8 Å². The molecule has 0 aromatic carbocycles. The number of nitrogens with one attached hydrogen (secondary N) is 1. The zero-order chi connectivity index (χ0) is 11.8. The van der Waals surface area contributed by atoms with E-state index < -0.39 is 5.60 Å². The first-order chi connectivity index (χ1) is 7.46. The number of rotatable bonds is 1. The third kappa shape index (κ3) is 2.32. The summed E-state index contributed by atoms with van der Waals surface area (Å²) < 4.78 is 5.25. The Labute approximate surface area is 95.0 Å². The van der Waals surface area contributed by atoms with Crippen molar-refractivity contribution in [2.75, 3.05) is 11.9 Å². The Hall–Kier alpha value is -1.58. The van der Waals surface area contributed by atoms with Gasteiger partial charge in [-0.1, -0.05) is 6.07 Å². The van der Waals surface area contributed by atoms with Gasteiger partial charge in [0.25, 0.3) is 0 Å². The lowest BCUT2D eigenvalue weighted by atomic mass is 10.2. The molecule has 0 bridgehead atoms. The number of esters is 1. The van der Waals surface area contributed by atoms with Crippen LogP contribution in [-0.4, -0.2) is 23.1 Å². The number of anilines is 1. The third-order valence-electron chi connectivity index (χ3n) is 2.27. The number of hydrogen-bond donors (Lipinski definition) is 1. The Morgan fingerprint density at radius 3 is 2.88 bits per heavy atom. The molecule has 2 heterocycles. The van der Waals surface area contributed by atoms with Crippen LogP contribution in [0.25, 0.3) is 0 Å². The molecule has 1 N–H and O–H groups in total. The fraction of sp³-hybridized carbons (Fsp3) is 0.500. The molecule has 0 spiro atoms. The summed E-state index contributed by atoms with van der Waals surface area (Å²) in [4.78, 5) is 16.0. The van der Waals surface area contributed by atoms with Crippen molar-refractivity contribution in [3.05, 3.63) is 23.4 Å². The molecule has 0 aliphatic carbocycles. The van der Waals surface area contributed by atoms with Crippen LogP contribution in [0.2, 0.25) is 0 Å². The maximum absolute atomic E-state index is 11.7. The molecule has 0 saturated carbocycles. The second kappa shape index (κ2) is 3.77. The number of carbonyl (C=O) groups is 1. The van der Waals surface area contributed by atoms with Crippen molar-refractivity contribution in [3.8, 4) is 0 Å². The second-order valence-corrected chi connectivity index (χ2v) is 4.88. The van der Waals surface area contributed by atoms with Crippen molar-refractivity contribution in [1.29, 1.82) is 0 Å². The van der Waals surface area contributed by atoms with Gasteiger partial charge in [-0.3, -0.25) is 0 Å². The average Bonchev–Trinajstić information content (AvgIpc) is 2.61. The third-order valence-corrected chi connectivity index (χ3v) is 2.27. The van der Waals surface area contributed by atoms with E-state index in [1.165, 1.54) is 0 Å². The van der Waals surface area contributed by atoms with Crippen molar-refractivity contribution in [1.82, 2.24) is 4.98 Å². The van der Waals surface area contributed by atoms with Gasteiger partial charge in [0.1, 0.15) is 11.4 Å². The van der Waals surface area contributed by atoms with E-state index in [-0.39, 0.29) is 5.97 Å². The monoisotopic (exact) mass is 220 g/mol. The highest BCUT2D eigenvalue weighted by atomic mass is 16.6. The minimum atomic E-state index is -0.481. The Bertz CT molecular complexity index is 422. The van der Waals surface area contributed by atoms with Gasteiger partial charge >= 0.3 is 5.97 Å². The summed E-state index contributed by atoms with van der Waals surface area (Å²) in [6, 6.07) is 3.65. The first-order valence-corrected chi connectivity index (χ1v) is 5.43. The second-order valence-electron chi connectivity index (χ2n) is 4.88. The van der Waals surface area contributed by atoms with Gasteiger partial charge in [-0.25, -0.2) is 9.78 Å². The fourth-order valence-corrected chi connectivity index (χ4v) is 1.60. The van der Waals surface area contributed by atoms with Crippen molar-refractivity contribution in [2.24, 2.45) is 0 Å². The highest BCUT2D eigenvalue weighted by Crippen LogP contribution is 2.20. The molecule has 0 radical (unpaired) electrons. The molecule has 86 valence electrons. The van der Waals surface area contributed by atoms with Crippen LogP contribution in [0.4, 0.5) is 5.82 Å². The first kappa shape index (κ1) is 10.9. The lowest BCUT2D eigenvalue weighted by Crippen LogP contribution is -2.24. The lowest BCUT2D eigenvalue weighted by molar-refractivity contribution is 0.00630. The summed E-state index contributed by atoms with van der Waals surface area (Å²) in [5, 5.41) is 3.14. The molecule has 16 heavy (non-hydrogen) atoms. The van der Waals surface area contributed by atoms with Crippen LogP contribution in [0.3, 0.4) is 0 Å². The minimum Gasteiger partial charge on any atom is -0.455 e. The standard InChI is InChI=1S/C12H16N2O2/c1-12(2,3)16-11(15)9-5-4-8-6-7-13-10(8)14-9/h4-5H,6-7H2,1-3H3,(H,13,14). The molecule has 1 aromatic rings. The average molecular weight is 220 g/mol. The molecule has 0 atom stereocenters. The van der Waals surface area contributed by atoms with Crippen LogP contribution in [-0.2, 0) is 11.2 Å². The summed E-state index contributed by atoms with van der Waals surface area (Å²) in [7, 11) is 0. The van der Waals surface area contributed by atoms with Gasteiger partial charge < -0.3 is 10.1 Å². The summed E-state index contributed by atoms with van der Waals surface area (Å²) in [5.74, 6) is 0.437. The van der Waals surface area contributed by atoms with E-state index >= 15 is 0 Å². The zero-order valence-corrected chi connectivity index (χ0v) is 9.83. The molecule has 1 aliphatic rings. The molecule has 0 unspecified atom stereocenters. The highest BCUT2D eigenvalue weighted by Gasteiger charge is 2.20. The fourth-order valence-electron chi connectivity index (χ4n) is 1.60. The summed E-state index contributed by atoms with van der Waals surface area (Å²) >= 11 is 0. The van der Waals surface area contributed by atoms with Crippen molar-refractivity contribution < 1.29 is 9.53 Å². The van der Waals surface area contributed by atoms with Gasteiger partial charge in [0.05, 0.1) is 0 Å². The van der Waals surface area contributed by atoms with E-state index in [1.807, 2.05) is 26.8 Å². The van der Waals surface area contributed by atoms with Gasteiger partial charge in [0.15, 0.2) is 5.69 Å². The van der Waals surface area contributed by atoms with E-state index in [9.17, 15) is 4.79 Å². The van der Waals surface area contributed by atoms with E-state index in [0.29, 0.717) is 5.69 Å². The first-order valence-electron chi connectivity index (χ1n) is 5.43. The van der Waals surface area contributed by atoms with E-state index in [2.05, 4.69) is 10.3 Å². The number of pyridine rings is 1. The number of aromatic nitrogens is 1. The van der Waals surface area contributed by atoms with Crippen LogP contribution >= 0.6 is 0 Å². The van der Waals surface area contributed by atoms with E-state index in [4.69, 9.17) is 4.74 Å². The molecular formula is C12H16N2O2. The summed E-state index contributed by atoms with van der Waals surface area (Å²) in [6.07, 6.45) is 0.969. The van der Waals surface area contributed by atoms with Crippen LogP contribution < -0.4 is 5.32 Å².